The van der Waals surface area contributed by atoms with Gasteiger partial charge in [0.15, 0.2) is 10.6 Å². The van der Waals surface area contributed by atoms with Crippen LogP contribution in [0.5, 0.6) is 5.75 Å². The maximum Gasteiger partial charge on any atom is 0.387 e. The minimum Gasteiger partial charge on any atom is -0.477 e. The van der Waals surface area contributed by atoms with Crippen LogP contribution in [0, 0.1) is 0 Å². The molecule has 0 saturated carbocycles. The molecule has 0 aliphatic carbocycles. The summed E-state index contributed by atoms with van der Waals surface area (Å²) in [4.78, 5) is 10.1. The highest BCUT2D eigenvalue weighted by molar-refractivity contribution is 7.19. The molecule has 0 atom stereocenters. The standard InChI is InChI=1S/C6H2Cl2F2O3S/c7-1-2(13-6(9)10)3(5(11)12)14-4(1)8/h6H,(H,11,12). The lowest BCUT2D eigenvalue weighted by Crippen LogP contribution is -2.05. The lowest BCUT2D eigenvalue weighted by atomic mass is 10.4. The fourth-order valence-electron chi connectivity index (χ4n) is 0.705. The van der Waals surface area contributed by atoms with Crippen LogP contribution in [0.15, 0.2) is 0 Å². The number of thiophene rings is 1. The predicted molar refractivity (Wildman–Crippen MR) is 47.9 cm³/mol. The molecule has 0 amide bonds. The molecule has 0 aromatic carbocycles. The van der Waals surface area contributed by atoms with E-state index in [0.29, 0.717) is 11.3 Å². The van der Waals surface area contributed by atoms with E-state index in [1.165, 1.54) is 0 Å². The zero-order chi connectivity index (χ0) is 10.9. The Morgan fingerprint density at radius 1 is 1.50 bits per heavy atom. The van der Waals surface area contributed by atoms with Gasteiger partial charge >= 0.3 is 12.6 Å². The number of carboxylic acids is 1. The van der Waals surface area contributed by atoms with Crippen molar-refractivity contribution in [3.8, 4) is 5.75 Å². The van der Waals surface area contributed by atoms with E-state index in [0.717, 1.165) is 0 Å². The third kappa shape index (κ3) is 2.26. The zero-order valence-electron chi connectivity index (χ0n) is 6.26. The van der Waals surface area contributed by atoms with Crippen molar-refractivity contribution in [3.05, 3.63) is 14.2 Å². The molecule has 1 aromatic heterocycles. The summed E-state index contributed by atoms with van der Waals surface area (Å²) in [5, 5.41) is 8.27. The Labute approximate surface area is 90.8 Å². The Hall–Kier alpha value is -0.590. The minimum absolute atomic E-state index is 0.0975. The summed E-state index contributed by atoms with van der Waals surface area (Å²) in [5.41, 5.74) is 0. The van der Waals surface area contributed by atoms with E-state index in [-0.39, 0.29) is 9.36 Å². The number of carboxylic acid groups (broad SMARTS) is 1. The first-order valence-electron chi connectivity index (χ1n) is 3.09. The number of hydrogen-bond donors (Lipinski definition) is 1. The molecule has 0 saturated heterocycles. The number of rotatable bonds is 3. The molecular weight excluding hydrogens is 261 g/mol. The van der Waals surface area contributed by atoms with Gasteiger partial charge in [0.05, 0.1) is 0 Å². The molecule has 0 spiro atoms. The molecule has 0 bridgehead atoms. The van der Waals surface area contributed by atoms with Crippen LogP contribution in [0.3, 0.4) is 0 Å². The first-order valence-corrected chi connectivity index (χ1v) is 4.66. The second kappa shape index (κ2) is 4.29. The highest BCUT2D eigenvalue weighted by atomic mass is 35.5. The summed E-state index contributed by atoms with van der Waals surface area (Å²) in [6.45, 7) is -3.14. The van der Waals surface area contributed by atoms with Gasteiger partial charge in [-0.25, -0.2) is 4.79 Å². The fourth-order valence-corrected chi connectivity index (χ4v) is 2.02. The number of aromatic carboxylic acids is 1. The third-order valence-corrected chi connectivity index (χ3v) is 3.11. The minimum atomic E-state index is -3.14. The van der Waals surface area contributed by atoms with E-state index in [9.17, 15) is 13.6 Å². The molecule has 3 nitrogen and oxygen atoms in total. The van der Waals surface area contributed by atoms with Crippen molar-refractivity contribution in [1.82, 2.24) is 0 Å². The third-order valence-electron chi connectivity index (χ3n) is 1.17. The number of alkyl halides is 2. The van der Waals surface area contributed by atoms with Crippen molar-refractivity contribution in [2.24, 2.45) is 0 Å². The Kier molecular flexibility index (Phi) is 3.52. The molecule has 1 rings (SSSR count). The molecule has 14 heavy (non-hydrogen) atoms. The molecule has 0 fully saturated rings. The Morgan fingerprint density at radius 3 is 2.50 bits per heavy atom. The topological polar surface area (TPSA) is 46.5 Å². The lowest BCUT2D eigenvalue weighted by molar-refractivity contribution is -0.0499. The van der Waals surface area contributed by atoms with Crippen molar-refractivity contribution in [2.75, 3.05) is 0 Å². The first-order chi connectivity index (χ1) is 6.43. The van der Waals surface area contributed by atoms with Crippen molar-refractivity contribution in [1.29, 1.82) is 0 Å². The van der Waals surface area contributed by atoms with Crippen LogP contribution >= 0.6 is 34.5 Å². The van der Waals surface area contributed by atoms with E-state index in [2.05, 4.69) is 4.74 Å². The summed E-state index contributed by atoms with van der Waals surface area (Å²) in [5.74, 6) is -2.01. The quantitative estimate of drug-likeness (QED) is 0.909. The smallest absolute Gasteiger partial charge is 0.387 e. The number of halogens is 4. The fraction of sp³-hybridized carbons (Fsp3) is 0.167. The summed E-state index contributed by atoms with van der Waals surface area (Å²) < 4.78 is 27.5. The first kappa shape index (κ1) is 11.5. The van der Waals surface area contributed by atoms with Crippen LogP contribution in [-0.2, 0) is 0 Å². The Bertz CT molecular complexity index is 366. The molecule has 1 heterocycles. The molecule has 8 heteroatoms. The summed E-state index contributed by atoms with van der Waals surface area (Å²) in [6.07, 6.45) is 0. The normalized spacial score (nSPS) is 10.6. The average Bonchev–Trinajstić information content (AvgIpc) is 2.32. The van der Waals surface area contributed by atoms with Crippen molar-refractivity contribution in [3.63, 3.8) is 0 Å². The van der Waals surface area contributed by atoms with Crippen molar-refractivity contribution in [2.45, 2.75) is 6.61 Å². The average molecular weight is 263 g/mol. The van der Waals surface area contributed by atoms with Gasteiger partial charge in [-0.05, 0) is 0 Å². The van der Waals surface area contributed by atoms with Crippen LogP contribution in [0.4, 0.5) is 8.78 Å². The van der Waals surface area contributed by atoms with E-state index >= 15 is 0 Å². The van der Waals surface area contributed by atoms with Crippen LogP contribution in [0.1, 0.15) is 9.67 Å². The summed E-state index contributed by atoms with van der Waals surface area (Å²) >= 11 is 11.5. The highest BCUT2D eigenvalue weighted by Crippen LogP contribution is 2.43. The van der Waals surface area contributed by atoms with Gasteiger partial charge < -0.3 is 9.84 Å². The SMILES string of the molecule is O=C(O)c1sc(Cl)c(Cl)c1OC(F)F. The Morgan fingerprint density at radius 2 is 2.07 bits per heavy atom. The molecule has 1 N–H and O–H groups in total. The lowest BCUT2D eigenvalue weighted by Gasteiger charge is -2.03. The van der Waals surface area contributed by atoms with Gasteiger partial charge in [0, 0.05) is 0 Å². The maximum absolute atomic E-state index is 11.8. The number of hydrogen-bond acceptors (Lipinski definition) is 3. The zero-order valence-corrected chi connectivity index (χ0v) is 8.59. The second-order valence-electron chi connectivity index (χ2n) is 2.03. The molecule has 0 aliphatic rings. The molecular formula is C6H2Cl2F2O3S. The van der Waals surface area contributed by atoms with Crippen molar-refractivity contribution < 1.29 is 23.4 Å². The van der Waals surface area contributed by atoms with Crippen LogP contribution in [0.2, 0.25) is 9.36 Å². The van der Waals surface area contributed by atoms with Gasteiger partial charge in [-0.2, -0.15) is 8.78 Å². The summed E-state index contributed by atoms with van der Waals surface area (Å²) in [6, 6.07) is 0. The van der Waals surface area contributed by atoms with Gasteiger partial charge in [0.1, 0.15) is 9.36 Å². The molecule has 0 unspecified atom stereocenters. The predicted octanol–water partition coefficient (Wildman–Crippen LogP) is 3.35. The number of carbonyl (C=O) groups is 1. The van der Waals surface area contributed by atoms with Gasteiger partial charge in [0.25, 0.3) is 0 Å². The molecule has 78 valence electrons. The van der Waals surface area contributed by atoms with E-state index in [1.54, 1.807) is 0 Å². The molecule has 0 radical (unpaired) electrons. The van der Waals surface area contributed by atoms with Crippen LogP contribution in [0.25, 0.3) is 0 Å². The number of ether oxygens (including phenoxy) is 1. The maximum atomic E-state index is 11.8. The van der Waals surface area contributed by atoms with Gasteiger partial charge in [-0.1, -0.05) is 23.2 Å². The van der Waals surface area contributed by atoms with Crippen LogP contribution in [-0.4, -0.2) is 17.7 Å². The largest absolute Gasteiger partial charge is 0.477 e. The van der Waals surface area contributed by atoms with Crippen LogP contribution < -0.4 is 4.74 Å². The molecule has 1 aromatic rings. The molecule has 0 aliphatic heterocycles. The van der Waals surface area contributed by atoms with Gasteiger partial charge in [-0.15, -0.1) is 11.3 Å². The highest BCUT2D eigenvalue weighted by Gasteiger charge is 2.24. The van der Waals surface area contributed by atoms with Gasteiger partial charge in [0.2, 0.25) is 0 Å². The second-order valence-corrected chi connectivity index (χ2v) is 4.03. The van der Waals surface area contributed by atoms with Gasteiger partial charge in [-0.3, -0.25) is 0 Å². The van der Waals surface area contributed by atoms with E-state index in [4.69, 9.17) is 28.3 Å². The monoisotopic (exact) mass is 262 g/mol. The summed E-state index contributed by atoms with van der Waals surface area (Å²) in [7, 11) is 0. The van der Waals surface area contributed by atoms with Crippen molar-refractivity contribution >= 4 is 40.5 Å². The Balaban J connectivity index is 3.16. The van der Waals surface area contributed by atoms with E-state index in [1.807, 2.05) is 0 Å². The van der Waals surface area contributed by atoms with E-state index < -0.39 is 23.2 Å².